The summed E-state index contributed by atoms with van der Waals surface area (Å²) in [6.45, 7) is 43.4. The maximum atomic E-state index is 13.3. The molecule has 8 nitrogen and oxygen atoms in total. The predicted octanol–water partition coefficient (Wildman–Crippen LogP) is 19.7. The largest absolute Gasteiger partial charge is 0.505 e. The van der Waals surface area contributed by atoms with Crippen molar-refractivity contribution in [1.29, 1.82) is 0 Å². The molecule has 0 amide bonds. The van der Waals surface area contributed by atoms with Crippen LogP contribution in [0.3, 0.4) is 0 Å². The second-order valence-electron chi connectivity index (χ2n) is 28.9. The van der Waals surface area contributed by atoms with Crippen molar-refractivity contribution in [3.8, 4) is 11.5 Å². The molecule has 7 rings (SSSR count). The Hall–Kier alpha value is -6.87. The Kier molecular flexibility index (Phi) is 30.0. The van der Waals surface area contributed by atoms with E-state index in [2.05, 4.69) is 134 Å². The lowest BCUT2D eigenvalue weighted by molar-refractivity contribution is 0.0691. The van der Waals surface area contributed by atoms with Crippen LogP contribution in [0.2, 0.25) is 0 Å². The first-order valence-corrected chi connectivity index (χ1v) is 30.9. The van der Waals surface area contributed by atoms with Crippen molar-refractivity contribution in [2.75, 3.05) is 21.2 Å². The van der Waals surface area contributed by atoms with Crippen LogP contribution in [0, 0.1) is 29.1 Å². The zero-order valence-electron chi connectivity index (χ0n) is 57.4. The lowest BCUT2D eigenvalue weighted by Gasteiger charge is -2.19. The third kappa shape index (κ3) is 27.8. The van der Waals surface area contributed by atoms with Gasteiger partial charge in [-0.1, -0.05) is 230 Å². The highest BCUT2D eigenvalue weighted by Gasteiger charge is 2.22. The fourth-order valence-electron chi connectivity index (χ4n) is 7.65. The summed E-state index contributed by atoms with van der Waals surface area (Å²) in [6, 6.07) is 42.8. The highest BCUT2D eigenvalue weighted by atomic mass is 32.2. The van der Waals surface area contributed by atoms with Crippen molar-refractivity contribution in [2.45, 2.75) is 195 Å². The molecule has 3 N–H and O–H groups in total. The Balaban J connectivity index is 0.000000521. The minimum absolute atomic E-state index is 0.00236. The zero-order valence-corrected chi connectivity index (χ0v) is 58.2. The molecule has 490 valence electrons. The highest BCUT2D eigenvalue weighted by Crippen LogP contribution is 2.31. The number of carbonyl (C=O) groups is 1. The number of hydrogen-bond acceptors (Lipinski definition) is 6. The van der Waals surface area contributed by atoms with E-state index in [1.165, 1.54) is 85.2 Å². The van der Waals surface area contributed by atoms with Crippen LogP contribution in [0.25, 0.3) is 0 Å². The van der Waals surface area contributed by atoms with Crippen LogP contribution in [0.4, 0.5) is 22.0 Å². The summed E-state index contributed by atoms with van der Waals surface area (Å²) in [4.78, 5) is 10.9. The number of halogens is 5. The number of aromatic carboxylic acids is 1. The second kappa shape index (κ2) is 33.3. The van der Waals surface area contributed by atoms with Gasteiger partial charge in [-0.3, -0.25) is 0 Å². The van der Waals surface area contributed by atoms with E-state index in [0.29, 0.717) is 21.6 Å². The van der Waals surface area contributed by atoms with E-state index in [-0.39, 0.29) is 67.9 Å². The van der Waals surface area contributed by atoms with Crippen molar-refractivity contribution in [1.82, 2.24) is 4.31 Å². The molecule has 0 spiro atoms. The number of aromatic hydroxyl groups is 1. The highest BCUT2D eigenvalue weighted by molar-refractivity contribution is 7.89. The van der Waals surface area contributed by atoms with E-state index in [1.807, 2.05) is 65.8 Å². The molecule has 0 aromatic heterocycles. The third-order valence-electron chi connectivity index (χ3n) is 13.8. The number of carboxylic acids is 1. The molecule has 0 aliphatic carbocycles. The second-order valence-corrected chi connectivity index (χ2v) is 31.1. The zero-order chi connectivity index (χ0) is 69.1. The molecule has 0 bridgehead atoms. The van der Waals surface area contributed by atoms with E-state index < -0.39 is 27.6 Å². The van der Waals surface area contributed by atoms with Crippen molar-refractivity contribution < 1.29 is 55.2 Å². The van der Waals surface area contributed by atoms with Crippen LogP contribution in [-0.4, -0.2) is 55.2 Å². The third-order valence-corrected chi connectivity index (χ3v) is 15.7. The van der Waals surface area contributed by atoms with Crippen LogP contribution in [0.1, 0.15) is 200 Å². The van der Waals surface area contributed by atoms with Crippen molar-refractivity contribution >= 4 is 16.0 Å². The minimum atomic E-state index is -3.31. The average Bonchev–Trinajstić information content (AvgIpc) is 1.77. The Morgan fingerprint density at radius 3 is 1.11 bits per heavy atom. The van der Waals surface area contributed by atoms with E-state index in [0.717, 1.165) is 27.8 Å². The Morgan fingerprint density at radius 2 is 0.764 bits per heavy atom. The van der Waals surface area contributed by atoms with Gasteiger partial charge in [0.25, 0.3) is 0 Å². The number of aliphatic hydroxyl groups is 1. The maximum Gasteiger partial charge on any atom is 0.338 e. The number of sulfonamides is 1. The van der Waals surface area contributed by atoms with Gasteiger partial charge in [0.05, 0.1) is 24.2 Å². The number of rotatable bonds is 5. The Morgan fingerprint density at radius 1 is 0.427 bits per heavy atom. The van der Waals surface area contributed by atoms with Gasteiger partial charge >= 0.3 is 5.97 Å². The van der Waals surface area contributed by atoms with Crippen LogP contribution in [-0.2, 0) is 54.5 Å². The summed E-state index contributed by atoms with van der Waals surface area (Å²) in [6.07, 6.45) is 0. The molecule has 0 heterocycles. The number of carboxylic acid groups (broad SMARTS) is 1. The molecule has 0 aliphatic rings. The number of ether oxygens (including phenoxy) is 1. The number of nitrogens with zero attached hydrogens (tertiary/aromatic N) is 1. The average molecular weight is 1260 g/mol. The van der Waals surface area contributed by atoms with Gasteiger partial charge in [-0.05, 0) is 144 Å². The topological polar surface area (TPSA) is 124 Å². The van der Waals surface area contributed by atoms with Crippen LogP contribution in [0.15, 0.2) is 157 Å². The molecule has 0 unspecified atom stereocenters. The van der Waals surface area contributed by atoms with Gasteiger partial charge in [0.2, 0.25) is 10.0 Å². The van der Waals surface area contributed by atoms with E-state index in [9.17, 15) is 35.2 Å². The van der Waals surface area contributed by atoms with Crippen LogP contribution >= 0.6 is 0 Å². The molecule has 7 aromatic carbocycles. The Bertz CT molecular complexity index is 3340. The van der Waals surface area contributed by atoms with Gasteiger partial charge in [-0.25, -0.2) is 39.5 Å². The van der Waals surface area contributed by atoms with Gasteiger partial charge in [-0.2, -0.15) is 0 Å². The monoisotopic (exact) mass is 1260 g/mol. The smallest absolute Gasteiger partial charge is 0.338 e. The molecule has 0 fully saturated rings. The summed E-state index contributed by atoms with van der Waals surface area (Å²) in [5.41, 5.74) is 7.88. The van der Waals surface area contributed by atoms with Crippen LogP contribution < -0.4 is 4.74 Å². The number of benzene rings is 7. The van der Waals surface area contributed by atoms with Gasteiger partial charge in [0.1, 0.15) is 17.5 Å². The van der Waals surface area contributed by atoms with Crippen LogP contribution in [0.5, 0.6) is 11.5 Å². The van der Waals surface area contributed by atoms with E-state index >= 15 is 0 Å². The predicted molar refractivity (Wildman–Crippen MR) is 358 cm³/mol. The molecular formula is C75H102F5NO7S. The molecule has 0 saturated heterocycles. The summed E-state index contributed by atoms with van der Waals surface area (Å²) >= 11 is 0. The molecule has 0 aliphatic heterocycles. The normalized spacial score (nSPS) is 11.9. The molecule has 7 aromatic rings. The quantitative estimate of drug-likeness (QED) is 0.147. The molecule has 14 heteroatoms. The fraction of sp³-hybridized carbons (Fsp3) is 0.427. The maximum absolute atomic E-state index is 13.3. The Labute approximate surface area is 531 Å². The van der Waals surface area contributed by atoms with Crippen molar-refractivity contribution in [3.63, 3.8) is 0 Å². The lowest BCUT2D eigenvalue weighted by Crippen LogP contribution is -2.22. The van der Waals surface area contributed by atoms with E-state index in [1.54, 1.807) is 48.5 Å². The number of phenols is 1. The van der Waals surface area contributed by atoms with E-state index in [4.69, 9.17) is 20.1 Å². The summed E-state index contributed by atoms with van der Waals surface area (Å²) in [5.74, 6) is -3.25. The standard InChI is InChI=1S/C12H19NO2S.C11H13FO2.2C11H15FO.C10H13FO.C10H13F.C10H14/c1-12(2,3)10-6-8-11(9-7-10)16(14,15)13(4)5;1-11(2,3)7-4-5-8(10(13)14)9(12)6-7;1-11(2,3)8-5-6-9(12)10(7-8)13-4;1-11(2,3)9-4-5-10(12)8(6-9)7-13;1-10(2,3)7-4-5-8(11)9(12)6-7;1-10(2,3)8-4-6-9(11)7-5-8;1-10(2,3)9-7-5-4-6-8-9/h6-9H,1-5H3;4-6H,1-3H3,(H,13,14);5-7H,1-4H3;4-6,13H,7H2,1-3H3;4-6,12H,1-3H3;4-7H,1-3H3;4-8H,1-3H3. The number of aliphatic hydroxyl groups excluding tert-OH is 1. The summed E-state index contributed by atoms with van der Waals surface area (Å²) in [7, 11) is 1.24. The van der Waals surface area contributed by atoms with Gasteiger partial charge < -0.3 is 20.1 Å². The molecule has 89 heavy (non-hydrogen) atoms. The summed E-state index contributed by atoms with van der Waals surface area (Å²) in [5, 5.41) is 26.6. The fourth-order valence-corrected chi connectivity index (χ4v) is 8.55. The summed E-state index contributed by atoms with van der Waals surface area (Å²) < 4.78 is 94.2. The molecular weight excluding hydrogens is 1150 g/mol. The van der Waals surface area contributed by atoms with Gasteiger partial charge in [0.15, 0.2) is 23.1 Å². The van der Waals surface area contributed by atoms with Crippen molar-refractivity contribution in [3.05, 3.63) is 231 Å². The molecule has 0 radical (unpaired) electrons. The van der Waals surface area contributed by atoms with Gasteiger partial charge in [-0.15, -0.1) is 0 Å². The first kappa shape index (κ1) is 80.1. The number of methoxy groups -OCH3 is 1. The SMILES string of the molecule is CC(C)(C)c1ccc(C(=O)O)c(F)c1.CC(C)(C)c1ccc(F)c(CO)c1.CC(C)(C)c1ccc(F)c(O)c1.CC(C)(C)c1ccc(F)cc1.CC(C)(C)c1ccccc1.CN(C)S(=O)(=O)c1ccc(C(C)(C)C)cc1.COc1cc(C(C)(C)C)ccc1F. The number of phenolic OH excluding ortho intramolecular Hbond substituents is 1. The molecule has 0 atom stereocenters. The lowest BCUT2D eigenvalue weighted by atomic mass is 9.86. The first-order valence-electron chi connectivity index (χ1n) is 29.5. The number of hydrogen-bond donors (Lipinski definition) is 3. The minimum Gasteiger partial charge on any atom is -0.505 e. The molecule has 0 saturated carbocycles. The first-order chi connectivity index (χ1) is 40.4. The van der Waals surface area contributed by atoms with Gasteiger partial charge in [0, 0.05) is 19.7 Å². The van der Waals surface area contributed by atoms with Crippen molar-refractivity contribution in [2.24, 2.45) is 0 Å².